The Morgan fingerprint density at radius 3 is 1.80 bits per heavy atom. The highest BCUT2D eigenvalue weighted by Crippen LogP contribution is 2.40. The first-order valence-electron chi connectivity index (χ1n) is 15.6. The molecule has 0 bridgehead atoms. The molecule has 0 fully saturated rings. The fraction of sp³-hybridized carbons (Fsp3) is 0.412. The van der Waals surface area contributed by atoms with Crippen molar-refractivity contribution in [3.05, 3.63) is 60.2 Å². The maximum Gasteiger partial charge on any atom is 0.152 e. The molecule has 4 aromatic heterocycles. The van der Waals surface area contributed by atoms with Gasteiger partial charge >= 0.3 is 0 Å². The fourth-order valence-electron chi connectivity index (χ4n) is 6.36. The van der Waals surface area contributed by atoms with Gasteiger partial charge in [0, 0.05) is 30.4 Å². The molecule has 0 aliphatic heterocycles. The Balaban J connectivity index is 1.52. The second-order valence-electron chi connectivity index (χ2n) is 12.6. The Morgan fingerprint density at radius 2 is 1.24 bits per heavy atom. The van der Waals surface area contributed by atoms with Crippen LogP contribution in [0, 0.1) is 0 Å². The summed E-state index contributed by atoms with van der Waals surface area (Å²) >= 11 is 0. The van der Waals surface area contributed by atoms with E-state index in [4.69, 9.17) is 30.9 Å². The first kappa shape index (κ1) is 31.6. The van der Waals surface area contributed by atoms with Gasteiger partial charge in [0.15, 0.2) is 11.6 Å². The summed E-state index contributed by atoms with van der Waals surface area (Å²) in [4.78, 5) is 18.9. The number of nitrogens with two attached hydrogens (primary N) is 2. The predicted octanol–water partition coefficient (Wildman–Crippen LogP) is 4.87. The monoisotopic (exact) mass is 626 g/mol. The van der Waals surface area contributed by atoms with E-state index in [2.05, 4.69) is 9.97 Å². The standard InChI is InChI=1S/C34H42N8O4/c1-6-45-17-25-39-27-29(20-12-8-10-14-22(20)37-31(27)35)41(25)19-34(5,44)16-24(33(3,4)43)42-26(18-46-7-2)40-28-30(42)21-13-9-11-15-23(21)38-32(28)36/h8-15,24,43-44H,6-7,16-19H2,1-5H3,(H2,35,37)(H2,36,38). The van der Waals surface area contributed by atoms with E-state index in [0.29, 0.717) is 47.2 Å². The number of aliphatic hydroxyl groups is 2. The molecular formula is C34H42N8O4. The molecule has 242 valence electrons. The Hall–Kier alpha value is -4.36. The molecule has 0 aliphatic carbocycles. The summed E-state index contributed by atoms with van der Waals surface area (Å²) in [5.74, 6) is 1.80. The molecule has 0 saturated heterocycles. The van der Waals surface area contributed by atoms with Crippen LogP contribution in [0.15, 0.2) is 48.5 Å². The van der Waals surface area contributed by atoms with Gasteiger partial charge in [-0.2, -0.15) is 0 Å². The van der Waals surface area contributed by atoms with Gasteiger partial charge in [-0.05, 0) is 46.8 Å². The van der Waals surface area contributed by atoms with Crippen LogP contribution < -0.4 is 11.5 Å². The summed E-state index contributed by atoms with van der Waals surface area (Å²) in [7, 11) is 0. The molecular weight excluding hydrogens is 584 g/mol. The number of fused-ring (bicyclic) bond motifs is 6. The van der Waals surface area contributed by atoms with Gasteiger partial charge in [0.25, 0.3) is 0 Å². The molecule has 12 nitrogen and oxygen atoms in total. The second-order valence-corrected chi connectivity index (χ2v) is 12.6. The summed E-state index contributed by atoms with van der Waals surface area (Å²) in [6, 6.07) is 14.8. The van der Waals surface area contributed by atoms with E-state index >= 15 is 0 Å². The van der Waals surface area contributed by atoms with Crippen molar-refractivity contribution in [1.82, 2.24) is 29.1 Å². The largest absolute Gasteiger partial charge is 0.388 e. The van der Waals surface area contributed by atoms with Crippen molar-refractivity contribution in [2.75, 3.05) is 24.7 Å². The van der Waals surface area contributed by atoms with Gasteiger partial charge in [-0.15, -0.1) is 0 Å². The average Bonchev–Trinajstić information content (AvgIpc) is 3.57. The van der Waals surface area contributed by atoms with E-state index in [1.165, 1.54) is 0 Å². The summed E-state index contributed by atoms with van der Waals surface area (Å²) in [6.07, 6.45) is 0.143. The van der Waals surface area contributed by atoms with Gasteiger partial charge in [0.1, 0.15) is 35.9 Å². The lowest BCUT2D eigenvalue weighted by Crippen LogP contribution is -2.42. The minimum Gasteiger partial charge on any atom is -0.388 e. The van der Waals surface area contributed by atoms with Crippen LogP contribution in [-0.2, 0) is 29.2 Å². The summed E-state index contributed by atoms with van der Waals surface area (Å²) in [6.45, 7) is 10.6. The zero-order chi connectivity index (χ0) is 32.8. The molecule has 6 N–H and O–H groups in total. The Bertz CT molecular complexity index is 2040. The van der Waals surface area contributed by atoms with Crippen molar-refractivity contribution >= 4 is 55.5 Å². The van der Waals surface area contributed by atoms with Crippen molar-refractivity contribution in [2.45, 2.75) is 78.0 Å². The second kappa shape index (κ2) is 12.1. The number of imidazole rings is 2. The molecule has 12 heteroatoms. The number of hydrogen-bond acceptors (Lipinski definition) is 10. The molecule has 2 aromatic carbocycles. The smallest absolute Gasteiger partial charge is 0.152 e. The normalized spacial score (nSPS) is 14.5. The highest BCUT2D eigenvalue weighted by atomic mass is 16.5. The van der Waals surface area contributed by atoms with Crippen LogP contribution in [0.2, 0.25) is 0 Å². The van der Waals surface area contributed by atoms with E-state index in [1.54, 1.807) is 20.8 Å². The van der Waals surface area contributed by atoms with E-state index in [0.717, 1.165) is 27.3 Å². The molecule has 0 amide bonds. The minimum absolute atomic E-state index is 0.143. The van der Waals surface area contributed by atoms with Crippen molar-refractivity contribution in [3.63, 3.8) is 0 Å². The van der Waals surface area contributed by atoms with Gasteiger partial charge < -0.3 is 40.3 Å². The van der Waals surface area contributed by atoms with Crippen LogP contribution in [0.3, 0.4) is 0 Å². The number of anilines is 2. The van der Waals surface area contributed by atoms with Gasteiger partial charge in [0.05, 0.1) is 45.9 Å². The third kappa shape index (κ3) is 5.73. The molecule has 0 spiro atoms. The lowest BCUT2D eigenvalue weighted by molar-refractivity contribution is -0.0409. The number of pyridine rings is 2. The number of nitrogens with zero attached hydrogens (tertiary/aromatic N) is 6. The maximum absolute atomic E-state index is 12.3. The van der Waals surface area contributed by atoms with E-state index in [-0.39, 0.29) is 32.0 Å². The molecule has 6 rings (SSSR count). The summed E-state index contributed by atoms with van der Waals surface area (Å²) in [5.41, 5.74) is 14.2. The number of hydrogen-bond donors (Lipinski definition) is 4. The van der Waals surface area contributed by atoms with Crippen LogP contribution in [-0.4, -0.2) is 63.7 Å². The van der Waals surface area contributed by atoms with Crippen LogP contribution in [0.25, 0.3) is 43.9 Å². The predicted molar refractivity (Wildman–Crippen MR) is 180 cm³/mol. The summed E-state index contributed by atoms with van der Waals surface area (Å²) < 4.78 is 15.6. The average molecular weight is 627 g/mol. The van der Waals surface area contributed by atoms with E-state index < -0.39 is 17.2 Å². The zero-order valence-electron chi connectivity index (χ0n) is 27.0. The Morgan fingerprint density at radius 1 is 0.739 bits per heavy atom. The van der Waals surface area contributed by atoms with Crippen LogP contribution in [0.5, 0.6) is 0 Å². The minimum atomic E-state index is -1.37. The third-order valence-electron chi connectivity index (χ3n) is 8.45. The third-order valence-corrected chi connectivity index (χ3v) is 8.45. The Kier molecular flexibility index (Phi) is 8.32. The highest BCUT2D eigenvalue weighted by Gasteiger charge is 2.39. The first-order chi connectivity index (χ1) is 21.9. The lowest BCUT2D eigenvalue weighted by Gasteiger charge is -2.38. The number of aromatic nitrogens is 6. The molecule has 2 atom stereocenters. The van der Waals surface area contributed by atoms with Crippen LogP contribution in [0.1, 0.15) is 58.7 Å². The highest BCUT2D eigenvalue weighted by molar-refractivity contribution is 6.07. The molecule has 2 unspecified atom stereocenters. The zero-order valence-corrected chi connectivity index (χ0v) is 27.0. The fourth-order valence-corrected chi connectivity index (χ4v) is 6.36. The quantitative estimate of drug-likeness (QED) is 0.147. The molecule has 0 aliphatic rings. The Labute approximate surface area is 267 Å². The lowest BCUT2D eigenvalue weighted by atomic mass is 9.86. The molecule has 6 aromatic rings. The number of ether oxygens (including phenoxy) is 2. The number of rotatable bonds is 12. The van der Waals surface area contributed by atoms with E-state index in [1.807, 2.05) is 71.5 Å². The van der Waals surface area contributed by atoms with Crippen molar-refractivity contribution in [3.8, 4) is 0 Å². The van der Waals surface area contributed by atoms with E-state index in [9.17, 15) is 10.2 Å². The van der Waals surface area contributed by atoms with Gasteiger partial charge in [0.2, 0.25) is 0 Å². The number of para-hydroxylation sites is 2. The SMILES string of the molecule is CCOCc1nc2c(N)nc3ccccc3c2n1CC(C)(O)CC(n1c(COCC)nc2c(N)nc3ccccc3c21)C(C)(C)O. The van der Waals surface area contributed by atoms with Crippen LogP contribution in [0.4, 0.5) is 11.6 Å². The first-order valence-corrected chi connectivity index (χ1v) is 15.6. The summed E-state index contributed by atoms with van der Waals surface area (Å²) in [5, 5.41) is 25.8. The number of nitrogen functional groups attached to an aromatic ring is 2. The van der Waals surface area contributed by atoms with Gasteiger partial charge in [-0.1, -0.05) is 36.4 Å². The maximum atomic E-state index is 12.3. The molecule has 0 saturated carbocycles. The topological polar surface area (TPSA) is 172 Å². The molecule has 46 heavy (non-hydrogen) atoms. The van der Waals surface area contributed by atoms with Crippen LogP contribution >= 0.6 is 0 Å². The van der Waals surface area contributed by atoms with Crippen molar-refractivity contribution in [2.24, 2.45) is 0 Å². The number of benzene rings is 2. The molecule has 4 heterocycles. The van der Waals surface area contributed by atoms with Crippen molar-refractivity contribution in [1.29, 1.82) is 0 Å². The van der Waals surface area contributed by atoms with Gasteiger partial charge in [-0.25, -0.2) is 19.9 Å². The van der Waals surface area contributed by atoms with Crippen molar-refractivity contribution < 1.29 is 19.7 Å². The molecule has 0 radical (unpaired) electrons. The van der Waals surface area contributed by atoms with Gasteiger partial charge in [-0.3, -0.25) is 0 Å².